The molecule has 3 rings (SSSR count). The number of benzene rings is 2. The first-order chi connectivity index (χ1) is 17.4. The quantitative estimate of drug-likeness (QED) is 0.361. The van der Waals surface area contributed by atoms with Gasteiger partial charge in [0, 0.05) is 39.3 Å². The van der Waals surface area contributed by atoms with Gasteiger partial charge in [-0.15, -0.1) is 12.4 Å². The highest BCUT2D eigenvalue weighted by Gasteiger charge is 2.29. The Kier molecular flexibility index (Phi) is 12.9. The standard InChI is InChI=1S/C28H41N3O4S.ClH/c1-4-5-19-31(28(32)35-3)26-17-21-30(22-18-26)20-16-25(24-12-8-6-9-13-24)23-29(2)36(33,34)27-14-10-7-11-15-27;/h6-15,25-26H,4-5,16-23H2,1-3H3;1H. The van der Waals surface area contributed by atoms with Gasteiger partial charge in [-0.25, -0.2) is 17.5 Å². The van der Waals surface area contributed by atoms with Crippen LogP contribution in [0, 0.1) is 0 Å². The Bertz CT molecular complexity index is 1030. The van der Waals surface area contributed by atoms with E-state index in [-0.39, 0.29) is 30.5 Å². The van der Waals surface area contributed by atoms with Crippen LogP contribution >= 0.6 is 12.4 Å². The third-order valence-electron chi connectivity index (χ3n) is 7.15. The van der Waals surface area contributed by atoms with Crippen LogP contribution in [0.2, 0.25) is 0 Å². The molecule has 0 spiro atoms. The molecule has 1 aliphatic rings. The Hall–Kier alpha value is -2.13. The van der Waals surface area contributed by atoms with Gasteiger partial charge in [0.05, 0.1) is 12.0 Å². The van der Waals surface area contributed by atoms with Crippen LogP contribution in [0.4, 0.5) is 4.79 Å². The number of unbranched alkanes of at least 4 members (excludes halogenated alkanes) is 1. The second-order valence-electron chi connectivity index (χ2n) is 9.58. The zero-order valence-electron chi connectivity index (χ0n) is 22.3. The molecule has 0 N–H and O–H groups in total. The van der Waals surface area contributed by atoms with E-state index in [9.17, 15) is 13.2 Å². The van der Waals surface area contributed by atoms with E-state index >= 15 is 0 Å². The van der Waals surface area contributed by atoms with E-state index in [1.165, 1.54) is 11.4 Å². The van der Waals surface area contributed by atoms with Crippen molar-refractivity contribution in [2.45, 2.75) is 55.9 Å². The SMILES string of the molecule is CCCCN(C(=O)OC)C1CCN(CCC(CN(C)S(=O)(=O)c2ccccc2)c2ccccc2)CC1.Cl. The highest BCUT2D eigenvalue weighted by Crippen LogP contribution is 2.26. The summed E-state index contributed by atoms with van der Waals surface area (Å²) in [7, 11) is -0.428. The maximum atomic E-state index is 13.1. The Morgan fingerprint density at radius 2 is 1.65 bits per heavy atom. The van der Waals surface area contributed by atoms with Gasteiger partial charge >= 0.3 is 6.09 Å². The smallest absolute Gasteiger partial charge is 0.409 e. The zero-order valence-corrected chi connectivity index (χ0v) is 23.9. The van der Waals surface area contributed by atoms with Crippen molar-refractivity contribution in [3.05, 3.63) is 66.2 Å². The molecule has 0 aromatic heterocycles. The second kappa shape index (κ2) is 15.3. The Morgan fingerprint density at radius 1 is 1.05 bits per heavy atom. The van der Waals surface area contributed by atoms with Crippen molar-refractivity contribution in [2.24, 2.45) is 0 Å². The van der Waals surface area contributed by atoms with Gasteiger partial charge in [-0.1, -0.05) is 61.9 Å². The fourth-order valence-corrected chi connectivity index (χ4v) is 6.17. The van der Waals surface area contributed by atoms with Crippen LogP contribution in [0.15, 0.2) is 65.6 Å². The Labute approximate surface area is 229 Å². The number of methoxy groups -OCH3 is 1. The first-order valence-electron chi connectivity index (χ1n) is 13.0. The molecule has 2 aromatic rings. The predicted molar refractivity (Wildman–Crippen MR) is 151 cm³/mol. The largest absolute Gasteiger partial charge is 0.453 e. The zero-order chi connectivity index (χ0) is 26.0. The molecule has 9 heteroatoms. The van der Waals surface area contributed by atoms with Crippen molar-refractivity contribution < 1.29 is 17.9 Å². The first kappa shape index (κ1) is 31.1. The number of hydrogen-bond acceptors (Lipinski definition) is 5. The molecule has 0 radical (unpaired) electrons. The molecule has 1 saturated heterocycles. The lowest BCUT2D eigenvalue weighted by molar-refractivity contribution is 0.0765. The minimum absolute atomic E-state index is 0. The van der Waals surface area contributed by atoms with Crippen LogP contribution in [0.3, 0.4) is 0 Å². The van der Waals surface area contributed by atoms with Gasteiger partial charge in [-0.3, -0.25) is 0 Å². The molecule has 1 aliphatic heterocycles. The lowest BCUT2D eigenvalue weighted by atomic mass is 9.94. The maximum Gasteiger partial charge on any atom is 0.409 e. The molecule has 37 heavy (non-hydrogen) atoms. The third-order valence-corrected chi connectivity index (χ3v) is 8.99. The van der Waals surface area contributed by atoms with E-state index in [1.54, 1.807) is 31.3 Å². The summed E-state index contributed by atoms with van der Waals surface area (Å²) in [5.41, 5.74) is 1.15. The van der Waals surface area contributed by atoms with Crippen LogP contribution in [-0.2, 0) is 14.8 Å². The van der Waals surface area contributed by atoms with Gasteiger partial charge in [0.25, 0.3) is 0 Å². The molecule has 1 heterocycles. The highest BCUT2D eigenvalue weighted by molar-refractivity contribution is 7.89. The minimum Gasteiger partial charge on any atom is -0.453 e. The number of sulfonamides is 1. The molecule has 0 aliphatic carbocycles. The number of likely N-dealkylation sites (N-methyl/N-ethyl adjacent to an activating group) is 1. The monoisotopic (exact) mass is 551 g/mol. The number of ether oxygens (including phenoxy) is 1. The topological polar surface area (TPSA) is 70.2 Å². The highest BCUT2D eigenvalue weighted by atomic mass is 35.5. The van der Waals surface area contributed by atoms with Crippen LogP contribution < -0.4 is 0 Å². The molecule has 206 valence electrons. The van der Waals surface area contributed by atoms with Gasteiger partial charge in [-0.05, 0) is 55.8 Å². The fraction of sp³-hybridized carbons (Fsp3) is 0.536. The molecular formula is C28H42ClN3O4S. The molecule has 0 bridgehead atoms. The van der Waals surface area contributed by atoms with Crippen LogP contribution in [0.5, 0.6) is 0 Å². The fourth-order valence-electron chi connectivity index (χ4n) is 4.93. The van der Waals surface area contributed by atoms with E-state index in [1.807, 2.05) is 29.2 Å². The van der Waals surface area contributed by atoms with E-state index in [4.69, 9.17) is 4.74 Å². The van der Waals surface area contributed by atoms with Crippen LogP contribution in [0.1, 0.15) is 50.5 Å². The van der Waals surface area contributed by atoms with Crippen LogP contribution in [0.25, 0.3) is 0 Å². The number of hydrogen-bond donors (Lipinski definition) is 0. The molecule has 1 atom stereocenters. The molecule has 0 saturated carbocycles. The van der Waals surface area contributed by atoms with E-state index < -0.39 is 10.0 Å². The van der Waals surface area contributed by atoms with Crippen LogP contribution in [-0.4, -0.2) is 81.5 Å². The average molecular weight is 552 g/mol. The van der Waals surface area contributed by atoms with Crippen molar-refractivity contribution in [2.75, 3.05) is 46.9 Å². The summed E-state index contributed by atoms with van der Waals surface area (Å²) in [6, 6.07) is 19.0. The summed E-state index contributed by atoms with van der Waals surface area (Å²) in [6.45, 7) is 6.02. The number of likely N-dealkylation sites (tertiary alicyclic amines) is 1. The van der Waals surface area contributed by atoms with Gasteiger partial charge in [0.15, 0.2) is 0 Å². The Balaban J connectivity index is 0.00000481. The molecule has 2 aromatic carbocycles. The van der Waals surface area contributed by atoms with Crippen molar-refractivity contribution in [1.29, 1.82) is 0 Å². The summed E-state index contributed by atoms with van der Waals surface area (Å²) in [5, 5.41) is 0. The summed E-state index contributed by atoms with van der Waals surface area (Å²) in [4.78, 5) is 16.9. The number of rotatable bonds is 12. The number of piperidine rings is 1. The predicted octanol–water partition coefficient (Wildman–Crippen LogP) is 5.24. The van der Waals surface area contributed by atoms with E-state index in [0.717, 1.165) is 63.8 Å². The molecule has 1 amide bonds. The van der Waals surface area contributed by atoms with Gasteiger partial charge < -0.3 is 14.5 Å². The molecular weight excluding hydrogens is 510 g/mol. The van der Waals surface area contributed by atoms with E-state index in [2.05, 4.69) is 24.0 Å². The summed E-state index contributed by atoms with van der Waals surface area (Å²) >= 11 is 0. The maximum absolute atomic E-state index is 13.1. The number of halogens is 1. The normalized spacial score (nSPS) is 15.7. The third kappa shape index (κ3) is 8.70. The van der Waals surface area contributed by atoms with E-state index in [0.29, 0.717) is 11.4 Å². The average Bonchev–Trinajstić information content (AvgIpc) is 2.92. The van der Waals surface area contributed by atoms with Gasteiger partial charge in [-0.2, -0.15) is 0 Å². The summed E-state index contributed by atoms with van der Waals surface area (Å²) in [5.74, 6) is 0.0866. The van der Waals surface area contributed by atoms with Gasteiger partial charge in [0.2, 0.25) is 10.0 Å². The molecule has 1 unspecified atom stereocenters. The van der Waals surface area contributed by atoms with Crippen molar-refractivity contribution in [3.63, 3.8) is 0 Å². The number of carbonyl (C=O) groups excluding carboxylic acids is 1. The van der Waals surface area contributed by atoms with Crippen molar-refractivity contribution in [1.82, 2.24) is 14.1 Å². The first-order valence-corrected chi connectivity index (χ1v) is 14.4. The lowest BCUT2D eigenvalue weighted by Gasteiger charge is -2.38. The second-order valence-corrected chi connectivity index (χ2v) is 11.6. The summed E-state index contributed by atoms with van der Waals surface area (Å²) in [6.07, 6.45) is 4.51. The minimum atomic E-state index is -3.55. The number of carbonyl (C=O) groups is 1. The lowest BCUT2D eigenvalue weighted by Crippen LogP contribution is -2.48. The Morgan fingerprint density at radius 3 is 2.22 bits per heavy atom. The van der Waals surface area contributed by atoms with Crippen molar-refractivity contribution >= 4 is 28.5 Å². The molecule has 7 nitrogen and oxygen atoms in total. The summed E-state index contributed by atoms with van der Waals surface area (Å²) < 4.78 is 32.8. The molecule has 1 fully saturated rings. The number of nitrogens with zero attached hydrogens (tertiary/aromatic N) is 3. The van der Waals surface area contributed by atoms with Crippen molar-refractivity contribution in [3.8, 4) is 0 Å². The number of amides is 1. The van der Waals surface area contributed by atoms with Gasteiger partial charge in [0.1, 0.15) is 0 Å².